The molecule has 2 fully saturated rings. The fraction of sp³-hybridized carbons (Fsp3) is 0.357. The summed E-state index contributed by atoms with van der Waals surface area (Å²) < 4.78 is 17.2. The van der Waals surface area contributed by atoms with Crippen molar-refractivity contribution in [3.05, 3.63) is 54.2 Å². The van der Waals surface area contributed by atoms with Crippen LogP contribution in [0.25, 0.3) is 11.3 Å². The number of likely N-dealkylation sites (tertiary alicyclic amines) is 1. The number of hydrogen-bond donors (Lipinski definition) is 2. The van der Waals surface area contributed by atoms with E-state index in [1.54, 1.807) is 24.4 Å². The molecular formula is C28H30N6O5. The fourth-order valence-corrected chi connectivity index (χ4v) is 4.72. The normalized spacial score (nSPS) is 15.9. The highest BCUT2D eigenvalue weighted by Crippen LogP contribution is 2.37. The SMILES string of the molecule is COc1cc(-c2ccnc(Nc3ccc(N4CCOCC4)cc3)n2)cc(C#N)c1OC1CCN(C(=O)O)CC1. The number of amides is 1. The first-order chi connectivity index (χ1) is 19.0. The molecule has 0 radical (unpaired) electrons. The van der Waals surface area contributed by atoms with Crippen LogP contribution in [-0.2, 0) is 4.74 Å². The molecule has 3 aromatic rings. The Labute approximate surface area is 226 Å². The van der Waals surface area contributed by atoms with Gasteiger partial charge in [-0.1, -0.05) is 0 Å². The maximum absolute atomic E-state index is 11.2. The topological polar surface area (TPSA) is 133 Å². The Morgan fingerprint density at radius 3 is 2.54 bits per heavy atom. The van der Waals surface area contributed by atoms with E-state index in [0.29, 0.717) is 60.2 Å². The van der Waals surface area contributed by atoms with E-state index < -0.39 is 6.09 Å². The van der Waals surface area contributed by atoms with Gasteiger partial charge < -0.3 is 34.4 Å². The Balaban J connectivity index is 1.32. The van der Waals surface area contributed by atoms with Crippen LogP contribution in [0.4, 0.5) is 22.1 Å². The van der Waals surface area contributed by atoms with Gasteiger partial charge in [-0.2, -0.15) is 5.26 Å². The lowest BCUT2D eigenvalue weighted by Crippen LogP contribution is -2.41. The summed E-state index contributed by atoms with van der Waals surface area (Å²) in [5.41, 5.74) is 3.62. The van der Waals surface area contributed by atoms with E-state index in [1.165, 1.54) is 12.0 Å². The summed E-state index contributed by atoms with van der Waals surface area (Å²) in [6, 6.07) is 15.6. The molecule has 0 unspecified atom stereocenters. The molecule has 5 rings (SSSR count). The average Bonchev–Trinajstić information content (AvgIpc) is 2.98. The first-order valence-corrected chi connectivity index (χ1v) is 12.8. The number of methoxy groups -OCH3 is 1. The molecule has 2 saturated heterocycles. The molecule has 2 aromatic carbocycles. The second-order valence-corrected chi connectivity index (χ2v) is 9.29. The molecule has 3 heterocycles. The first kappa shape index (κ1) is 26.1. The predicted octanol–water partition coefficient (Wildman–Crippen LogP) is 4.13. The minimum atomic E-state index is -0.934. The van der Waals surface area contributed by atoms with E-state index >= 15 is 0 Å². The van der Waals surface area contributed by atoms with Crippen molar-refractivity contribution in [2.24, 2.45) is 0 Å². The van der Waals surface area contributed by atoms with Crippen LogP contribution in [0.2, 0.25) is 0 Å². The molecule has 0 bridgehead atoms. The minimum Gasteiger partial charge on any atom is -0.493 e. The molecule has 11 heteroatoms. The summed E-state index contributed by atoms with van der Waals surface area (Å²) >= 11 is 0. The monoisotopic (exact) mass is 530 g/mol. The van der Waals surface area contributed by atoms with Crippen LogP contribution in [0, 0.1) is 11.3 Å². The highest BCUT2D eigenvalue weighted by molar-refractivity contribution is 5.70. The van der Waals surface area contributed by atoms with Crippen molar-refractivity contribution in [1.29, 1.82) is 5.26 Å². The molecule has 11 nitrogen and oxygen atoms in total. The van der Waals surface area contributed by atoms with Crippen LogP contribution in [0.5, 0.6) is 11.5 Å². The number of rotatable bonds is 7. The van der Waals surface area contributed by atoms with E-state index in [-0.39, 0.29) is 6.10 Å². The van der Waals surface area contributed by atoms with Crippen molar-refractivity contribution in [2.75, 3.05) is 56.7 Å². The van der Waals surface area contributed by atoms with Crippen LogP contribution >= 0.6 is 0 Å². The lowest BCUT2D eigenvalue weighted by Gasteiger charge is -2.30. The molecule has 39 heavy (non-hydrogen) atoms. The lowest BCUT2D eigenvalue weighted by atomic mass is 10.0. The number of morpholine rings is 1. The van der Waals surface area contributed by atoms with E-state index in [0.717, 1.165) is 37.7 Å². The van der Waals surface area contributed by atoms with Crippen molar-refractivity contribution in [1.82, 2.24) is 14.9 Å². The largest absolute Gasteiger partial charge is 0.493 e. The molecule has 202 valence electrons. The van der Waals surface area contributed by atoms with Crippen molar-refractivity contribution >= 4 is 23.4 Å². The standard InChI is InChI=1S/C28H30N6O5/c1-37-25-17-19(16-20(18-29)26(25)39-23-7-10-34(11-8-23)28(35)36)24-6-9-30-27(32-24)31-21-2-4-22(5-3-21)33-12-14-38-15-13-33/h2-6,9,16-17,23H,7-8,10-15H2,1H3,(H,35,36)(H,30,31,32). The third-order valence-corrected chi connectivity index (χ3v) is 6.84. The zero-order chi connectivity index (χ0) is 27.2. The molecule has 0 spiro atoms. The summed E-state index contributed by atoms with van der Waals surface area (Å²) in [6.07, 6.45) is 1.59. The van der Waals surface area contributed by atoms with Crippen LogP contribution in [0.3, 0.4) is 0 Å². The van der Waals surface area contributed by atoms with E-state index in [2.05, 4.69) is 38.4 Å². The van der Waals surface area contributed by atoms with Crippen molar-refractivity contribution < 1.29 is 24.1 Å². The number of hydrogen-bond acceptors (Lipinski definition) is 9. The van der Waals surface area contributed by atoms with Crippen LogP contribution < -0.4 is 19.7 Å². The molecular weight excluding hydrogens is 500 g/mol. The maximum atomic E-state index is 11.2. The third-order valence-electron chi connectivity index (χ3n) is 6.84. The second-order valence-electron chi connectivity index (χ2n) is 9.29. The first-order valence-electron chi connectivity index (χ1n) is 12.8. The number of nitriles is 1. The van der Waals surface area contributed by atoms with Gasteiger partial charge in [0.1, 0.15) is 12.2 Å². The highest BCUT2D eigenvalue weighted by atomic mass is 16.5. The number of ether oxygens (including phenoxy) is 3. The van der Waals surface area contributed by atoms with Gasteiger partial charge in [-0.3, -0.25) is 0 Å². The lowest BCUT2D eigenvalue weighted by molar-refractivity contribution is 0.0876. The van der Waals surface area contributed by atoms with Gasteiger partial charge in [0.2, 0.25) is 5.95 Å². The smallest absolute Gasteiger partial charge is 0.407 e. The molecule has 2 aliphatic heterocycles. The zero-order valence-corrected chi connectivity index (χ0v) is 21.7. The summed E-state index contributed by atoms with van der Waals surface area (Å²) in [7, 11) is 1.52. The Morgan fingerprint density at radius 1 is 1.13 bits per heavy atom. The third kappa shape index (κ3) is 6.13. The molecule has 2 aliphatic rings. The molecule has 2 N–H and O–H groups in total. The molecule has 0 saturated carbocycles. The van der Waals surface area contributed by atoms with Gasteiger partial charge in [-0.15, -0.1) is 0 Å². The maximum Gasteiger partial charge on any atom is 0.407 e. The number of aromatic nitrogens is 2. The second kappa shape index (κ2) is 11.9. The fourth-order valence-electron chi connectivity index (χ4n) is 4.72. The minimum absolute atomic E-state index is 0.211. The van der Waals surface area contributed by atoms with E-state index in [4.69, 9.17) is 14.2 Å². The number of carbonyl (C=O) groups is 1. The summed E-state index contributed by atoms with van der Waals surface area (Å²) in [4.78, 5) is 23.9. The van der Waals surface area contributed by atoms with Gasteiger partial charge in [-0.05, 0) is 42.5 Å². The highest BCUT2D eigenvalue weighted by Gasteiger charge is 2.26. The summed E-state index contributed by atoms with van der Waals surface area (Å²) in [6.45, 7) is 3.99. The number of anilines is 3. The Morgan fingerprint density at radius 2 is 1.87 bits per heavy atom. The van der Waals surface area contributed by atoms with Gasteiger partial charge in [0.05, 0.1) is 31.6 Å². The molecule has 0 aliphatic carbocycles. The molecule has 1 aromatic heterocycles. The number of nitrogens with zero attached hydrogens (tertiary/aromatic N) is 5. The van der Waals surface area contributed by atoms with Gasteiger partial charge in [0.15, 0.2) is 11.5 Å². The van der Waals surface area contributed by atoms with Gasteiger partial charge in [0.25, 0.3) is 0 Å². The molecule has 1 amide bonds. The Hall–Kier alpha value is -4.56. The van der Waals surface area contributed by atoms with E-state index in [9.17, 15) is 15.2 Å². The number of carboxylic acid groups (broad SMARTS) is 1. The number of piperidine rings is 1. The Bertz CT molecular complexity index is 1350. The molecule has 0 atom stereocenters. The number of nitrogens with one attached hydrogen (secondary N) is 1. The summed E-state index contributed by atoms with van der Waals surface area (Å²) in [5.74, 6) is 1.19. The van der Waals surface area contributed by atoms with Crippen LogP contribution in [0.15, 0.2) is 48.7 Å². The van der Waals surface area contributed by atoms with Gasteiger partial charge in [-0.25, -0.2) is 14.8 Å². The average molecular weight is 531 g/mol. The van der Waals surface area contributed by atoms with Gasteiger partial charge >= 0.3 is 6.09 Å². The quantitative estimate of drug-likeness (QED) is 0.459. The predicted molar refractivity (Wildman–Crippen MR) is 145 cm³/mol. The van der Waals surface area contributed by atoms with Crippen LogP contribution in [-0.4, -0.2) is 78.7 Å². The van der Waals surface area contributed by atoms with Crippen molar-refractivity contribution in [2.45, 2.75) is 18.9 Å². The van der Waals surface area contributed by atoms with Crippen molar-refractivity contribution in [3.8, 4) is 28.8 Å². The number of benzene rings is 2. The van der Waals surface area contributed by atoms with Gasteiger partial charge in [0, 0.05) is 62.2 Å². The van der Waals surface area contributed by atoms with Crippen molar-refractivity contribution in [3.63, 3.8) is 0 Å². The summed E-state index contributed by atoms with van der Waals surface area (Å²) in [5, 5.41) is 22.3. The zero-order valence-electron chi connectivity index (χ0n) is 21.7. The van der Waals surface area contributed by atoms with E-state index in [1.807, 2.05) is 12.1 Å². The Kier molecular flexibility index (Phi) is 7.94. The van der Waals surface area contributed by atoms with Crippen LogP contribution in [0.1, 0.15) is 18.4 Å².